The van der Waals surface area contributed by atoms with Crippen molar-refractivity contribution in [3.8, 4) is 0 Å². The molecule has 2 atom stereocenters. The molecule has 0 heterocycles. The van der Waals surface area contributed by atoms with E-state index < -0.39 is 36.7 Å². The highest BCUT2D eigenvalue weighted by Crippen LogP contribution is 2.06. The molecule has 0 saturated heterocycles. The molecule has 0 aromatic heterocycles. The first-order valence-corrected chi connectivity index (χ1v) is 5.80. The molecule has 0 aliphatic heterocycles. The third-order valence-corrected chi connectivity index (χ3v) is 2.28. The number of carboxylic acid groups (broad SMARTS) is 1. The molecule has 0 aliphatic carbocycles. The Morgan fingerprint density at radius 2 is 1.68 bits per heavy atom. The minimum Gasteiger partial charge on any atom is -0.480 e. The Hall–Kier alpha value is -1.83. The number of amides is 2. The average Bonchev–Trinajstić information content (AvgIpc) is 2.33. The molecule has 0 unspecified atom stereocenters. The fourth-order valence-electron chi connectivity index (χ4n) is 1.37. The second kappa shape index (κ2) is 8.30. The van der Waals surface area contributed by atoms with Gasteiger partial charge in [0, 0.05) is 0 Å². The molecule has 0 saturated carbocycles. The van der Waals surface area contributed by atoms with Crippen LogP contribution in [-0.4, -0.2) is 54.0 Å². The summed E-state index contributed by atoms with van der Waals surface area (Å²) in [6.07, 6.45) is 0.358. The fraction of sp³-hybridized carbons (Fsp3) is 0.727. The van der Waals surface area contributed by atoms with Gasteiger partial charge in [-0.05, 0) is 12.3 Å². The number of ether oxygens (including phenoxy) is 1. The standard InChI is InChI=1S/C11H20N2O6/c1-6(2)4-7(10(17)19-3)12-11(18)13-8(5-14)9(15)16/h6-8,14H,4-5H2,1-3H3,(H,15,16)(H2,12,13,18)/t7-,8+/m0/s1. The van der Waals surface area contributed by atoms with Gasteiger partial charge in [0.2, 0.25) is 0 Å². The molecule has 0 rings (SSSR count). The van der Waals surface area contributed by atoms with Crippen LogP contribution in [0.1, 0.15) is 20.3 Å². The lowest BCUT2D eigenvalue weighted by atomic mass is 10.0. The summed E-state index contributed by atoms with van der Waals surface area (Å²) in [5.74, 6) is -1.84. The van der Waals surface area contributed by atoms with Crippen molar-refractivity contribution in [2.24, 2.45) is 5.92 Å². The first kappa shape index (κ1) is 17.2. The Bertz CT molecular complexity index is 331. The van der Waals surface area contributed by atoms with Crippen molar-refractivity contribution in [3.05, 3.63) is 0 Å². The second-order valence-electron chi connectivity index (χ2n) is 4.40. The van der Waals surface area contributed by atoms with E-state index in [0.717, 1.165) is 0 Å². The quantitative estimate of drug-likeness (QED) is 0.456. The topological polar surface area (TPSA) is 125 Å². The summed E-state index contributed by atoms with van der Waals surface area (Å²) >= 11 is 0. The van der Waals surface area contributed by atoms with Gasteiger partial charge in [-0.3, -0.25) is 0 Å². The Balaban J connectivity index is 4.53. The van der Waals surface area contributed by atoms with E-state index >= 15 is 0 Å². The number of carbonyl (C=O) groups excluding carboxylic acids is 2. The summed E-state index contributed by atoms with van der Waals surface area (Å²) < 4.78 is 4.55. The summed E-state index contributed by atoms with van der Waals surface area (Å²) in [6.45, 7) is 2.99. The van der Waals surface area contributed by atoms with Crippen molar-refractivity contribution in [1.29, 1.82) is 0 Å². The second-order valence-corrected chi connectivity index (χ2v) is 4.40. The normalized spacial score (nSPS) is 13.5. The van der Waals surface area contributed by atoms with E-state index in [2.05, 4.69) is 10.1 Å². The molecule has 2 amide bonds. The van der Waals surface area contributed by atoms with Crippen LogP contribution in [0.3, 0.4) is 0 Å². The zero-order chi connectivity index (χ0) is 15.0. The lowest BCUT2D eigenvalue weighted by Gasteiger charge is -2.20. The predicted octanol–water partition coefficient (Wildman–Crippen LogP) is -0.681. The van der Waals surface area contributed by atoms with Crippen molar-refractivity contribution in [2.75, 3.05) is 13.7 Å². The SMILES string of the molecule is COC(=O)[C@H](CC(C)C)NC(=O)N[C@H](CO)C(=O)O. The molecular weight excluding hydrogens is 256 g/mol. The molecule has 4 N–H and O–H groups in total. The first-order valence-electron chi connectivity index (χ1n) is 5.80. The van der Waals surface area contributed by atoms with Gasteiger partial charge in [-0.25, -0.2) is 14.4 Å². The van der Waals surface area contributed by atoms with Crippen LogP contribution in [-0.2, 0) is 14.3 Å². The molecule has 110 valence electrons. The maximum Gasteiger partial charge on any atom is 0.328 e. The highest BCUT2D eigenvalue weighted by molar-refractivity contribution is 5.86. The molecule has 0 radical (unpaired) electrons. The van der Waals surface area contributed by atoms with Crippen LogP contribution in [0, 0.1) is 5.92 Å². The largest absolute Gasteiger partial charge is 0.480 e. The number of aliphatic carboxylic acids is 1. The van der Waals surface area contributed by atoms with Gasteiger partial charge in [-0.15, -0.1) is 0 Å². The predicted molar refractivity (Wildman–Crippen MR) is 65.4 cm³/mol. The van der Waals surface area contributed by atoms with Gasteiger partial charge in [-0.1, -0.05) is 13.8 Å². The third-order valence-electron chi connectivity index (χ3n) is 2.28. The van der Waals surface area contributed by atoms with Crippen molar-refractivity contribution in [3.63, 3.8) is 0 Å². The van der Waals surface area contributed by atoms with Crippen LogP contribution in [0.5, 0.6) is 0 Å². The average molecular weight is 276 g/mol. The van der Waals surface area contributed by atoms with Crippen LogP contribution in [0.2, 0.25) is 0 Å². The monoisotopic (exact) mass is 276 g/mol. The maximum atomic E-state index is 11.5. The van der Waals surface area contributed by atoms with E-state index in [1.165, 1.54) is 7.11 Å². The number of hydrogen-bond acceptors (Lipinski definition) is 5. The summed E-state index contributed by atoms with van der Waals surface area (Å²) in [5, 5.41) is 21.8. The van der Waals surface area contributed by atoms with Crippen LogP contribution in [0.15, 0.2) is 0 Å². The number of aliphatic hydroxyl groups is 1. The molecule has 0 bridgehead atoms. The fourth-order valence-corrected chi connectivity index (χ4v) is 1.37. The van der Waals surface area contributed by atoms with Crippen LogP contribution >= 0.6 is 0 Å². The number of hydrogen-bond donors (Lipinski definition) is 4. The number of urea groups is 1. The van der Waals surface area contributed by atoms with Crippen LogP contribution in [0.4, 0.5) is 4.79 Å². The number of carboxylic acids is 1. The minimum atomic E-state index is -1.42. The molecule has 0 aromatic rings. The van der Waals surface area contributed by atoms with Gasteiger partial charge in [0.1, 0.15) is 6.04 Å². The maximum absolute atomic E-state index is 11.5. The highest BCUT2D eigenvalue weighted by Gasteiger charge is 2.25. The van der Waals surface area contributed by atoms with Gasteiger partial charge in [-0.2, -0.15) is 0 Å². The summed E-state index contributed by atoms with van der Waals surface area (Å²) in [4.78, 5) is 33.6. The smallest absolute Gasteiger partial charge is 0.328 e. The lowest BCUT2D eigenvalue weighted by molar-refractivity contribution is -0.143. The van der Waals surface area contributed by atoms with E-state index in [0.29, 0.717) is 6.42 Å². The minimum absolute atomic E-state index is 0.137. The van der Waals surface area contributed by atoms with Crippen molar-refractivity contribution in [1.82, 2.24) is 10.6 Å². The van der Waals surface area contributed by atoms with Gasteiger partial charge in [0.25, 0.3) is 0 Å². The van der Waals surface area contributed by atoms with Gasteiger partial charge in [0.05, 0.1) is 13.7 Å². The number of esters is 1. The van der Waals surface area contributed by atoms with E-state index in [9.17, 15) is 14.4 Å². The van der Waals surface area contributed by atoms with Gasteiger partial charge in [0.15, 0.2) is 6.04 Å². The summed E-state index contributed by atoms with van der Waals surface area (Å²) in [6, 6.07) is -3.13. The number of carbonyl (C=O) groups is 3. The van der Waals surface area contributed by atoms with Crippen molar-refractivity contribution in [2.45, 2.75) is 32.4 Å². The molecule has 8 heteroatoms. The zero-order valence-corrected chi connectivity index (χ0v) is 11.2. The van der Waals surface area contributed by atoms with Gasteiger partial charge < -0.3 is 25.6 Å². The van der Waals surface area contributed by atoms with Crippen molar-refractivity contribution < 1.29 is 29.3 Å². The van der Waals surface area contributed by atoms with E-state index in [-0.39, 0.29) is 5.92 Å². The Morgan fingerprint density at radius 3 is 2.05 bits per heavy atom. The number of rotatable bonds is 7. The zero-order valence-electron chi connectivity index (χ0n) is 11.2. The van der Waals surface area contributed by atoms with E-state index in [1.54, 1.807) is 0 Å². The molecule has 8 nitrogen and oxygen atoms in total. The summed E-state index contributed by atoms with van der Waals surface area (Å²) in [7, 11) is 1.20. The molecule has 0 fully saturated rings. The van der Waals surface area contributed by atoms with E-state index in [1.807, 2.05) is 19.2 Å². The Morgan fingerprint density at radius 1 is 1.16 bits per heavy atom. The molecule has 0 aliphatic rings. The van der Waals surface area contributed by atoms with Crippen LogP contribution in [0.25, 0.3) is 0 Å². The Kier molecular flexibility index (Phi) is 7.50. The highest BCUT2D eigenvalue weighted by atomic mass is 16.5. The third kappa shape index (κ3) is 6.61. The number of nitrogens with one attached hydrogen (secondary N) is 2. The molecular formula is C11H20N2O6. The number of aliphatic hydroxyl groups excluding tert-OH is 1. The van der Waals surface area contributed by atoms with Crippen LogP contribution < -0.4 is 10.6 Å². The molecule has 0 aromatic carbocycles. The molecule has 0 spiro atoms. The first-order chi connectivity index (χ1) is 8.81. The lowest BCUT2D eigenvalue weighted by Crippen LogP contribution is -2.52. The van der Waals surface area contributed by atoms with Crippen molar-refractivity contribution >= 4 is 18.0 Å². The number of methoxy groups -OCH3 is 1. The molecule has 19 heavy (non-hydrogen) atoms. The summed E-state index contributed by atoms with van der Waals surface area (Å²) in [5.41, 5.74) is 0. The van der Waals surface area contributed by atoms with Gasteiger partial charge >= 0.3 is 18.0 Å². The Labute approximate surface area is 111 Å². The van der Waals surface area contributed by atoms with E-state index in [4.69, 9.17) is 10.2 Å².